The van der Waals surface area contributed by atoms with Gasteiger partial charge in [-0.1, -0.05) is 13.8 Å². The first-order valence-corrected chi connectivity index (χ1v) is 7.60. The molecule has 1 N–H and O–H groups in total. The number of ether oxygens (including phenoxy) is 1. The largest absolute Gasteiger partial charge is 0.379 e. The van der Waals surface area contributed by atoms with Gasteiger partial charge in [-0.15, -0.1) is 0 Å². The zero-order valence-electron chi connectivity index (χ0n) is 12.5. The fraction of sp³-hybridized carbons (Fsp3) is 0.733. The third-order valence-electron chi connectivity index (χ3n) is 3.75. The van der Waals surface area contributed by atoms with Crippen LogP contribution in [0, 0.1) is 5.92 Å². The number of imidazole rings is 1. The van der Waals surface area contributed by atoms with Crippen LogP contribution in [0.5, 0.6) is 0 Å². The van der Waals surface area contributed by atoms with E-state index in [0.717, 1.165) is 31.8 Å². The summed E-state index contributed by atoms with van der Waals surface area (Å²) in [4.78, 5) is 16.8. The predicted molar refractivity (Wildman–Crippen MR) is 77.6 cm³/mol. The van der Waals surface area contributed by atoms with Crippen LogP contribution in [0.3, 0.4) is 0 Å². The lowest BCUT2D eigenvalue weighted by Gasteiger charge is -2.17. The Balaban J connectivity index is 1.94. The zero-order chi connectivity index (χ0) is 14.4. The van der Waals surface area contributed by atoms with Gasteiger partial charge in [0.05, 0.1) is 25.6 Å². The van der Waals surface area contributed by atoms with Gasteiger partial charge in [0, 0.05) is 25.0 Å². The van der Waals surface area contributed by atoms with E-state index >= 15 is 0 Å². The number of aromatic nitrogens is 2. The molecular formula is C15H25N3O2. The number of hydrogen-bond donors (Lipinski definition) is 1. The SMILES string of the molecule is CCCNC1COCC1C(=O)Cc1nccn1CCC. The molecule has 112 valence electrons. The number of carbonyl (C=O) groups is 1. The average Bonchev–Trinajstić information content (AvgIpc) is 3.06. The molecule has 5 nitrogen and oxygen atoms in total. The normalized spacial score (nSPS) is 22.3. The van der Waals surface area contributed by atoms with Crippen molar-refractivity contribution in [2.24, 2.45) is 5.92 Å². The van der Waals surface area contributed by atoms with Gasteiger partial charge in [-0.25, -0.2) is 4.98 Å². The van der Waals surface area contributed by atoms with Crippen LogP contribution in [-0.2, 0) is 22.5 Å². The van der Waals surface area contributed by atoms with Gasteiger partial charge in [0.25, 0.3) is 0 Å². The van der Waals surface area contributed by atoms with Crippen molar-refractivity contribution < 1.29 is 9.53 Å². The lowest BCUT2D eigenvalue weighted by molar-refractivity contribution is -0.122. The molecule has 2 heterocycles. The van der Waals surface area contributed by atoms with E-state index in [-0.39, 0.29) is 17.7 Å². The third kappa shape index (κ3) is 3.67. The third-order valence-corrected chi connectivity index (χ3v) is 3.75. The second-order valence-electron chi connectivity index (χ2n) is 5.38. The van der Waals surface area contributed by atoms with Gasteiger partial charge in [-0.05, 0) is 19.4 Å². The van der Waals surface area contributed by atoms with Gasteiger partial charge in [0.15, 0.2) is 0 Å². The summed E-state index contributed by atoms with van der Waals surface area (Å²) in [6.45, 7) is 7.28. The molecule has 0 amide bonds. The minimum absolute atomic E-state index is 0.0340. The Morgan fingerprint density at radius 3 is 3.05 bits per heavy atom. The summed E-state index contributed by atoms with van der Waals surface area (Å²) in [5, 5.41) is 3.41. The summed E-state index contributed by atoms with van der Waals surface area (Å²) < 4.78 is 7.55. The van der Waals surface area contributed by atoms with E-state index in [9.17, 15) is 4.79 Å². The number of nitrogens with zero attached hydrogens (tertiary/aromatic N) is 2. The first kappa shape index (κ1) is 15.2. The molecule has 1 aromatic heterocycles. The van der Waals surface area contributed by atoms with Gasteiger partial charge in [0.1, 0.15) is 11.6 Å². The number of hydrogen-bond acceptors (Lipinski definition) is 4. The number of aryl methyl sites for hydroxylation is 1. The Morgan fingerprint density at radius 1 is 1.45 bits per heavy atom. The Labute approximate surface area is 120 Å². The number of nitrogens with one attached hydrogen (secondary N) is 1. The monoisotopic (exact) mass is 279 g/mol. The van der Waals surface area contributed by atoms with E-state index in [1.807, 2.05) is 6.20 Å². The minimum Gasteiger partial charge on any atom is -0.379 e. The van der Waals surface area contributed by atoms with Crippen molar-refractivity contribution >= 4 is 5.78 Å². The predicted octanol–water partition coefficient (Wildman–Crippen LogP) is 1.42. The molecule has 1 aromatic rings. The lowest BCUT2D eigenvalue weighted by atomic mass is 9.96. The van der Waals surface area contributed by atoms with Crippen LogP contribution in [0.2, 0.25) is 0 Å². The summed E-state index contributed by atoms with van der Waals surface area (Å²) in [7, 11) is 0. The van der Waals surface area contributed by atoms with Crippen molar-refractivity contribution in [3.8, 4) is 0 Å². The number of carbonyl (C=O) groups excluding carboxylic acids is 1. The topological polar surface area (TPSA) is 56.1 Å². The summed E-state index contributed by atoms with van der Waals surface area (Å²) in [5.74, 6) is 1.07. The second kappa shape index (κ2) is 7.55. The Hall–Kier alpha value is -1.20. The van der Waals surface area contributed by atoms with Crippen molar-refractivity contribution in [2.75, 3.05) is 19.8 Å². The molecule has 1 aliphatic rings. The van der Waals surface area contributed by atoms with E-state index in [2.05, 4.69) is 28.7 Å². The highest BCUT2D eigenvalue weighted by atomic mass is 16.5. The van der Waals surface area contributed by atoms with Gasteiger partial charge in [0.2, 0.25) is 0 Å². The van der Waals surface area contributed by atoms with Gasteiger partial charge < -0.3 is 14.6 Å². The molecule has 0 radical (unpaired) electrons. The van der Waals surface area contributed by atoms with Gasteiger partial charge in [-0.2, -0.15) is 0 Å². The maximum atomic E-state index is 12.5. The number of ketones is 1. The fourth-order valence-electron chi connectivity index (χ4n) is 2.64. The molecule has 5 heteroatoms. The highest BCUT2D eigenvalue weighted by Crippen LogP contribution is 2.17. The molecule has 0 aliphatic carbocycles. The standard InChI is InChI=1S/C15H25N3O2/c1-3-5-16-13-11-20-10-12(13)14(19)9-15-17-6-8-18(15)7-4-2/h6,8,12-13,16H,3-5,7,9-11H2,1-2H3. The maximum absolute atomic E-state index is 12.5. The van der Waals surface area contributed by atoms with E-state index in [4.69, 9.17) is 4.74 Å². The van der Waals surface area contributed by atoms with Crippen molar-refractivity contribution in [3.05, 3.63) is 18.2 Å². The van der Waals surface area contributed by atoms with E-state index in [1.54, 1.807) is 6.20 Å². The molecule has 0 bridgehead atoms. The van der Waals surface area contributed by atoms with E-state index in [0.29, 0.717) is 19.6 Å². The van der Waals surface area contributed by atoms with Crippen LogP contribution in [0.15, 0.2) is 12.4 Å². The zero-order valence-corrected chi connectivity index (χ0v) is 12.5. The van der Waals surface area contributed by atoms with Gasteiger partial charge >= 0.3 is 0 Å². The van der Waals surface area contributed by atoms with E-state index < -0.39 is 0 Å². The van der Waals surface area contributed by atoms with Crippen LogP contribution in [0.25, 0.3) is 0 Å². The Bertz CT molecular complexity index is 431. The molecule has 1 fully saturated rings. The van der Waals surface area contributed by atoms with Gasteiger partial charge in [-0.3, -0.25) is 4.79 Å². The minimum atomic E-state index is -0.0340. The number of Topliss-reactive ketones (excluding diaryl/α,β-unsaturated/α-hetero) is 1. The highest BCUT2D eigenvalue weighted by Gasteiger charge is 2.33. The maximum Gasteiger partial charge on any atom is 0.147 e. The van der Waals surface area contributed by atoms with Crippen LogP contribution in [0.1, 0.15) is 32.5 Å². The quantitative estimate of drug-likeness (QED) is 0.782. The first-order valence-electron chi connectivity index (χ1n) is 7.60. The fourth-order valence-corrected chi connectivity index (χ4v) is 2.64. The molecular weight excluding hydrogens is 254 g/mol. The van der Waals surface area contributed by atoms with Crippen molar-refractivity contribution in [2.45, 2.75) is 45.7 Å². The smallest absolute Gasteiger partial charge is 0.147 e. The van der Waals surface area contributed by atoms with Crippen molar-refractivity contribution in [3.63, 3.8) is 0 Å². The molecule has 1 aliphatic heterocycles. The molecule has 0 spiro atoms. The molecule has 2 unspecified atom stereocenters. The van der Waals surface area contributed by atoms with Crippen molar-refractivity contribution in [1.82, 2.24) is 14.9 Å². The second-order valence-corrected chi connectivity index (χ2v) is 5.38. The Morgan fingerprint density at radius 2 is 2.30 bits per heavy atom. The summed E-state index contributed by atoms with van der Waals surface area (Å²) in [6, 6.07) is 0.164. The summed E-state index contributed by atoms with van der Waals surface area (Å²) in [5.41, 5.74) is 0. The lowest BCUT2D eigenvalue weighted by Crippen LogP contribution is -2.40. The van der Waals surface area contributed by atoms with E-state index in [1.165, 1.54) is 0 Å². The first-order chi connectivity index (χ1) is 9.76. The average molecular weight is 279 g/mol. The van der Waals surface area contributed by atoms with Crippen molar-refractivity contribution in [1.29, 1.82) is 0 Å². The summed E-state index contributed by atoms with van der Waals surface area (Å²) in [6.07, 6.45) is 6.24. The summed E-state index contributed by atoms with van der Waals surface area (Å²) >= 11 is 0. The van der Waals surface area contributed by atoms with Crippen LogP contribution < -0.4 is 5.32 Å². The molecule has 20 heavy (non-hydrogen) atoms. The molecule has 2 rings (SSSR count). The van der Waals surface area contributed by atoms with Crippen LogP contribution >= 0.6 is 0 Å². The number of rotatable bonds is 8. The molecule has 1 saturated heterocycles. The highest BCUT2D eigenvalue weighted by molar-refractivity contribution is 5.83. The molecule has 0 saturated carbocycles. The molecule has 0 aromatic carbocycles. The Kier molecular flexibility index (Phi) is 5.73. The molecule has 2 atom stereocenters. The van der Waals surface area contributed by atoms with Crippen LogP contribution in [-0.4, -0.2) is 41.1 Å². The van der Waals surface area contributed by atoms with Crippen LogP contribution in [0.4, 0.5) is 0 Å².